The first-order valence-electron chi connectivity index (χ1n) is 7.41. The fourth-order valence-corrected chi connectivity index (χ4v) is 2.77. The van der Waals surface area contributed by atoms with Gasteiger partial charge in [-0.3, -0.25) is 9.59 Å². The molecule has 1 fully saturated rings. The lowest BCUT2D eigenvalue weighted by Gasteiger charge is -2.19. The Labute approximate surface area is 130 Å². The second kappa shape index (κ2) is 6.94. The van der Waals surface area contributed by atoms with Gasteiger partial charge in [-0.25, -0.2) is 0 Å². The SMILES string of the molecule is CCC(CC)NC(=O)C1CC(=O)N(c2cccc(Cl)c2)C1. The van der Waals surface area contributed by atoms with Gasteiger partial charge < -0.3 is 10.2 Å². The molecule has 2 rings (SSSR count). The van der Waals surface area contributed by atoms with E-state index in [9.17, 15) is 9.59 Å². The van der Waals surface area contributed by atoms with Crippen molar-refractivity contribution < 1.29 is 9.59 Å². The third-order valence-electron chi connectivity index (χ3n) is 3.95. The summed E-state index contributed by atoms with van der Waals surface area (Å²) in [6, 6.07) is 7.35. The van der Waals surface area contributed by atoms with Gasteiger partial charge in [0, 0.05) is 29.7 Å². The molecule has 2 amide bonds. The number of rotatable bonds is 5. The molecule has 1 saturated heterocycles. The number of halogens is 1. The molecule has 1 aromatic carbocycles. The van der Waals surface area contributed by atoms with Crippen molar-refractivity contribution in [3.05, 3.63) is 29.3 Å². The molecular weight excluding hydrogens is 288 g/mol. The number of nitrogens with zero attached hydrogens (tertiary/aromatic N) is 1. The molecule has 1 unspecified atom stereocenters. The Morgan fingerprint density at radius 3 is 2.76 bits per heavy atom. The summed E-state index contributed by atoms with van der Waals surface area (Å²) in [4.78, 5) is 26.0. The van der Waals surface area contributed by atoms with Crippen molar-refractivity contribution in [1.82, 2.24) is 5.32 Å². The van der Waals surface area contributed by atoms with E-state index in [4.69, 9.17) is 11.6 Å². The van der Waals surface area contributed by atoms with Gasteiger partial charge in [-0.1, -0.05) is 31.5 Å². The summed E-state index contributed by atoms with van der Waals surface area (Å²) < 4.78 is 0. The number of anilines is 1. The van der Waals surface area contributed by atoms with Gasteiger partial charge in [-0.15, -0.1) is 0 Å². The van der Waals surface area contributed by atoms with Crippen LogP contribution in [0.25, 0.3) is 0 Å². The molecule has 0 spiro atoms. The molecule has 21 heavy (non-hydrogen) atoms. The minimum absolute atomic E-state index is 0.0260. The lowest BCUT2D eigenvalue weighted by Crippen LogP contribution is -2.39. The average molecular weight is 309 g/mol. The second-order valence-corrected chi connectivity index (χ2v) is 5.84. The highest BCUT2D eigenvalue weighted by Crippen LogP contribution is 2.27. The van der Waals surface area contributed by atoms with Crippen molar-refractivity contribution in [2.24, 2.45) is 5.92 Å². The van der Waals surface area contributed by atoms with Crippen LogP contribution in [0.4, 0.5) is 5.69 Å². The molecule has 0 aromatic heterocycles. The van der Waals surface area contributed by atoms with Gasteiger partial charge in [0.25, 0.3) is 0 Å². The summed E-state index contributed by atoms with van der Waals surface area (Å²) in [5.74, 6) is -0.333. The molecule has 1 aromatic rings. The van der Waals surface area contributed by atoms with Crippen LogP contribution in [0.5, 0.6) is 0 Å². The van der Waals surface area contributed by atoms with Gasteiger partial charge in [0.05, 0.1) is 5.92 Å². The Balaban J connectivity index is 2.04. The van der Waals surface area contributed by atoms with Crippen LogP contribution in [0.2, 0.25) is 5.02 Å². The molecule has 1 aliphatic heterocycles. The molecule has 1 aliphatic rings. The first kappa shape index (κ1) is 15.8. The maximum Gasteiger partial charge on any atom is 0.227 e. The van der Waals surface area contributed by atoms with E-state index in [-0.39, 0.29) is 30.2 Å². The molecule has 1 heterocycles. The van der Waals surface area contributed by atoms with Gasteiger partial charge in [0.2, 0.25) is 11.8 Å². The summed E-state index contributed by atoms with van der Waals surface area (Å²) in [5.41, 5.74) is 0.755. The average Bonchev–Trinajstić information content (AvgIpc) is 2.86. The van der Waals surface area contributed by atoms with Crippen LogP contribution in [0, 0.1) is 5.92 Å². The number of hydrogen-bond donors (Lipinski definition) is 1. The zero-order chi connectivity index (χ0) is 15.4. The normalized spacial score (nSPS) is 18.4. The van der Waals surface area contributed by atoms with Crippen molar-refractivity contribution in [2.45, 2.75) is 39.2 Å². The monoisotopic (exact) mass is 308 g/mol. The van der Waals surface area contributed by atoms with Crippen molar-refractivity contribution >= 4 is 29.1 Å². The molecule has 0 saturated carbocycles. The van der Waals surface area contributed by atoms with E-state index in [1.165, 1.54) is 0 Å². The maximum absolute atomic E-state index is 12.2. The lowest BCUT2D eigenvalue weighted by molar-refractivity contribution is -0.127. The fraction of sp³-hybridized carbons (Fsp3) is 0.500. The highest BCUT2D eigenvalue weighted by Gasteiger charge is 2.35. The van der Waals surface area contributed by atoms with Gasteiger partial charge in [-0.2, -0.15) is 0 Å². The number of hydrogen-bond acceptors (Lipinski definition) is 2. The fourth-order valence-electron chi connectivity index (χ4n) is 2.59. The Bertz CT molecular complexity index is 529. The summed E-state index contributed by atoms with van der Waals surface area (Å²) >= 11 is 5.96. The van der Waals surface area contributed by atoms with E-state index in [0.717, 1.165) is 18.5 Å². The molecule has 0 bridgehead atoms. The van der Waals surface area contributed by atoms with E-state index in [2.05, 4.69) is 5.32 Å². The lowest BCUT2D eigenvalue weighted by atomic mass is 10.1. The van der Waals surface area contributed by atoms with E-state index in [1.807, 2.05) is 26.0 Å². The van der Waals surface area contributed by atoms with Crippen LogP contribution >= 0.6 is 11.6 Å². The van der Waals surface area contributed by atoms with Crippen molar-refractivity contribution in [1.29, 1.82) is 0 Å². The molecule has 5 heteroatoms. The topological polar surface area (TPSA) is 49.4 Å². The van der Waals surface area contributed by atoms with Crippen LogP contribution < -0.4 is 10.2 Å². The van der Waals surface area contributed by atoms with Crippen molar-refractivity contribution in [3.63, 3.8) is 0 Å². The van der Waals surface area contributed by atoms with Crippen LogP contribution in [0.15, 0.2) is 24.3 Å². The zero-order valence-corrected chi connectivity index (χ0v) is 13.2. The Hall–Kier alpha value is -1.55. The largest absolute Gasteiger partial charge is 0.353 e. The van der Waals surface area contributed by atoms with Gasteiger partial charge in [0.15, 0.2) is 0 Å². The molecule has 0 radical (unpaired) electrons. The maximum atomic E-state index is 12.2. The highest BCUT2D eigenvalue weighted by atomic mass is 35.5. The van der Waals surface area contributed by atoms with Crippen LogP contribution in [-0.2, 0) is 9.59 Å². The number of carbonyl (C=O) groups is 2. The van der Waals surface area contributed by atoms with Gasteiger partial charge >= 0.3 is 0 Å². The van der Waals surface area contributed by atoms with Crippen LogP contribution in [0.1, 0.15) is 33.1 Å². The predicted molar refractivity (Wildman–Crippen MR) is 84.4 cm³/mol. The standard InChI is InChI=1S/C16H21ClN2O2/c1-3-13(4-2)18-16(21)11-8-15(20)19(10-11)14-7-5-6-12(17)9-14/h5-7,9,11,13H,3-4,8,10H2,1-2H3,(H,18,21). The second-order valence-electron chi connectivity index (χ2n) is 5.41. The van der Waals surface area contributed by atoms with E-state index in [1.54, 1.807) is 17.0 Å². The van der Waals surface area contributed by atoms with Gasteiger partial charge in [-0.05, 0) is 31.0 Å². The molecule has 1 atom stereocenters. The van der Waals surface area contributed by atoms with E-state index >= 15 is 0 Å². The zero-order valence-electron chi connectivity index (χ0n) is 12.4. The summed E-state index contributed by atoms with van der Waals surface area (Å²) in [6.07, 6.45) is 2.07. The minimum atomic E-state index is -0.280. The van der Waals surface area contributed by atoms with Crippen LogP contribution in [0.3, 0.4) is 0 Å². The Morgan fingerprint density at radius 2 is 2.14 bits per heavy atom. The third kappa shape index (κ3) is 3.76. The first-order chi connectivity index (χ1) is 10.0. The van der Waals surface area contributed by atoms with E-state index < -0.39 is 0 Å². The summed E-state index contributed by atoms with van der Waals surface area (Å²) in [5, 5.41) is 3.61. The minimum Gasteiger partial charge on any atom is -0.353 e. The number of nitrogens with one attached hydrogen (secondary N) is 1. The van der Waals surface area contributed by atoms with Crippen LogP contribution in [-0.4, -0.2) is 24.4 Å². The first-order valence-corrected chi connectivity index (χ1v) is 7.79. The quantitative estimate of drug-likeness (QED) is 0.909. The summed E-state index contributed by atoms with van der Waals surface area (Å²) in [7, 11) is 0. The summed E-state index contributed by atoms with van der Waals surface area (Å²) in [6.45, 7) is 4.52. The molecule has 1 N–H and O–H groups in total. The van der Waals surface area contributed by atoms with Crippen molar-refractivity contribution in [2.75, 3.05) is 11.4 Å². The number of benzene rings is 1. The number of carbonyl (C=O) groups excluding carboxylic acids is 2. The molecule has 0 aliphatic carbocycles. The molecular formula is C16H21ClN2O2. The third-order valence-corrected chi connectivity index (χ3v) is 4.18. The molecule has 4 nitrogen and oxygen atoms in total. The molecule has 114 valence electrons. The predicted octanol–water partition coefficient (Wildman–Crippen LogP) is 3.00. The number of amides is 2. The van der Waals surface area contributed by atoms with Gasteiger partial charge in [0.1, 0.15) is 0 Å². The smallest absolute Gasteiger partial charge is 0.227 e. The Morgan fingerprint density at radius 1 is 1.43 bits per heavy atom. The van der Waals surface area contributed by atoms with Crippen molar-refractivity contribution in [3.8, 4) is 0 Å². The Kier molecular flexibility index (Phi) is 5.23. The van der Waals surface area contributed by atoms with E-state index in [0.29, 0.717) is 11.6 Å². The highest BCUT2D eigenvalue weighted by molar-refractivity contribution is 6.30.